The minimum Gasteiger partial charge on any atom is -0.358 e. The third-order valence-electron chi connectivity index (χ3n) is 2.60. The molecule has 0 aromatic carbocycles. The molecular weight excluding hydrogens is 181 g/mol. The van der Waals surface area contributed by atoms with Crippen LogP contribution in [0.25, 0.3) is 0 Å². The summed E-state index contributed by atoms with van der Waals surface area (Å²) >= 11 is 0. The molecule has 1 rings (SSSR count). The van der Waals surface area contributed by atoms with Crippen molar-refractivity contribution in [1.29, 1.82) is 0 Å². The highest BCUT2D eigenvalue weighted by molar-refractivity contribution is 7.67. The Hall–Kier alpha value is 0.220. The molecule has 78 valence electrons. The fraction of sp³-hybridized carbons (Fsp3) is 0.900. The van der Waals surface area contributed by atoms with Crippen LogP contribution in [0, 0.1) is 0 Å². The van der Waals surface area contributed by atoms with E-state index in [1.165, 1.54) is 19.4 Å². The Morgan fingerprint density at radius 3 is 2.62 bits per heavy atom. The highest BCUT2D eigenvalue weighted by atomic mass is 31.2. The van der Waals surface area contributed by atoms with Crippen molar-refractivity contribution in [1.82, 2.24) is 4.90 Å². The lowest BCUT2D eigenvalue weighted by atomic mass is 10.1. The fourth-order valence-corrected chi connectivity index (χ4v) is 3.02. The van der Waals surface area contributed by atoms with Gasteiger partial charge in [-0.15, -0.1) is 0 Å². The zero-order chi connectivity index (χ0) is 10.1. The number of likely N-dealkylation sites (tertiary alicyclic amines) is 1. The topological polar surface area (TPSA) is 12.5 Å². The van der Waals surface area contributed by atoms with Crippen molar-refractivity contribution < 1.29 is 4.52 Å². The van der Waals surface area contributed by atoms with Crippen molar-refractivity contribution in [3.8, 4) is 0 Å². The van der Waals surface area contributed by atoms with Gasteiger partial charge < -0.3 is 9.42 Å². The van der Waals surface area contributed by atoms with Crippen molar-refractivity contribution in [3.63, 3.8) is 0 Å². The molecule has 0 aromatic heterocycles. The molecule has 0 spiro atoms. The number of likely N-dealkylation sites (N-methyl/N-ethyl adjacent to an activating group) is 1. The first-order valence-corrected chi connectivity index (χ1v) is 7.79. The van der Waals surface area contributed by atoms with Crippen LogP contribution in [0.1, 0.15) is 19.8 Å². The van der Waals surface area contributed by atoms with Gasteiger partial charge in [0.2, 0.25) is 0 Å². The monoisotopic (exact) mass is 203 g/mol. The summed E-state index contributed by atoms with van der Waals surface area (Å²) in [6.07, 6.45) is 6.88. The first-order valence-electron chi connectivity index (χ1n) is 5.01. The Labute approximate surface area is 82.3 Å². The van der Waals surface area contributed by atoms with Crippen LogP contribution in [0.3, 0.4) is 0 Å². The van der Waals surface area contributed by atoms with Crippen LogP contribution in [-0.2, 0) is 4.52 Å². The van der Waals surface area contributed by atoms with Gasteiger partial charge in [0.1, 0.15) is 0 Å². The Balaban J connectivity index is 2.56. The molecule has 0 radical (unpaired) electrons. The van der Waals surface area contributed by atoms with Crippen molar-refractivity contribution in [2.24, 2.45) is 0 Å². The molecule has 0 aromatic rings. The molecule has 3 heteroatoms. The summed E-state index contributed by atoms with van der Waals surface area (Å²) in [5.41, 5.74) is 0. The molecule has 2 nitrogen and oxygen atoms in total. The molecule has 0 saturated carbocycles. The van der Waals surface area contributed by atoms with E-state index < -0.39 is 7.11 Å². The predicted octanol–water partition coefficient (Wildman–Crippen LogP) is 2.11. The molecule has 1 saturated heterocycles. The van der Waals surface area contributed by atoms with Gasteiger partial charge >= 0.3 is 0 Å². The van der Waals surface area contributed by atoms with Gasteiger partial charge in [-0.3, -0.25) is 0 Å². The Morgan fingerprint density at radius 1 is 1.54 bits per heavy atom. The van der Waals surface area contributed by atoms with Gasteiger partial charge in [-0.05, 0) is 40.3 Å². The average molecular weight is 203 g/mol. The minimum atomic E-state index is -1.32. The largest absolute Gasteiger partial charge is 0.358 e. The molecule has 2 unspecified atom stereocenters. The van der Waals surface area contributed by atoms with Crippen LogP contribution in [-0.4, -0.2) is 50.3 Å². The lowest BCUT2D eigenvalue weighted by Gasteiger charge is -2.27. The van der Waals surface area contributed by atoms with Gasteiger partial charge in [-0.2, -0.15) is 0 Å². The van der Waals surface area contributed by atoms with E-state index in [0.29, 0.717) is 12.1 Å². The number of nitrogens with zero attached hydrogens (tertiary/aromatic N) is 1. The first kappa shape index (κ1) is 11.3. The Kier molecular flexibility index (Phi) is 3.62. The van der Waals surface area contributed by atoms with E-state index in [9.17, 15) is 0 Å². The summed E-state index contributed by atoms with van der Waals surface area (Å²) < 4.78 is 6.03. The van der Waals surface area contributed by atoms with E-state index in [1.807, 2.05) is 0 Å². The molecule has 1 aliphatic rings. The van der Waals surface area contributed by atoms with Crippen LogP contribution >= 0.6 is 7.11 Å². The summed E-state index contributed by atoms with van der Waals surface area (Å²) in [4.78, 5) is 2.40. The van der Waals surface area contributed by atoms with Crippen LogP contribution < -0.4 is 0 Å². The van der Waals surface area contributed by atoms with E-state index in [-0.39, 0.29) is 0 Å². The zero-order valence-corrected chi connectivity index (χ0v) is 10.2. The summed E-state index contributed by atoms with van der Waals surface area (Å²) in [6.45, 7) is 7.68. The molecule has 0 N–H and O–H groups in total. The maximum absolute atomic E-state index is 6.03. The van der Waals surface area contributed by atoms with Crippen LogP contribution in [0.5, 0.6) is 0 Å². The van der Waals surface area contributed by atoms with E-state index in [0.717, 1.165) is 0 Å². The van der Waals surface area contributed by atoms with Crippen LogP contribution in [0.4, 0.5) is 0 Å². The van der Waals surface area contributed by atoms with Crippen molar-refractivity contribution in [2.75, 3.05) is 26.9 Å². The van der Waals surface area contributed by atoms with Gasteiger partial charge in [-0.1, -0.05) is 13.2 Å². The second kappa shape index (κ2) is 4.16. The maximum atomic E-state index is 6.03. The molecule has 1 heterocycles. The second-order valence-corrected chi connectivity index (χ2v) is 7.82. The van der Waals surface area contributed by atoms with Gasteiger partial charge in [0, 0.05) is 12.6 Å². The molecule has 13 heavy (non-hydrogen) atoms. The quantitative estimate of drug-likeness (QED) is 0.651. The smallest absolute Gasteiger partial charge is 0.0782 e. The number of hydrogen-bond donors (Lipinski definition) is 0. The fourth-order valence-electron chi connectivity index (χ4n) is 2.04. The van der Waals surface area contributed by atoms with E-state index in [2.05, 4.69) is 38.5 Å². The summed E-state index contributed by atoms with van der Waals surface area (Å²) in [6, 6.07) is 0.612. The second-order valence-electron chi connectivity index (χ2n) is 4.46. The molecule has 1 aliphatic heterocycles. The SMILES string of the molecule is C=P(C)(C)OC1CCN(C)C1CC. The Bertz CT molecular complexity index is 211. The molecule has 0 aliphatic carbocycles. The minimum absolute atomic E-state index is 0.427. The highest BCUT2D eigenvalue weighted by Crippen LogP contribution is 2.41. The van der Waals surface area contributed by atoms with E-state index in [1.54, 1.807) is 0 Å². The zero-order valence-electron chi connectivity index (χ0n) is 9.29. The summed E-state index contributed by atoms with van der Waals surface area (Å²) in [5, 5.41) is 0. The highest BCUT2D eigenvalue weighted by Gasteiger charge is 2.32. The third-order valence-corrected chi connectivity index (χ3v) is 3.44. The lowest BCUT2D eigenvalue weighted by Crippen LogP contribution is -2.32. The van der Waals surface area contributed by atoms with Crippen LogP contribution in [0.15, 0.2) is 0 Å². The van der Waals surface area contributed by atoms with Gasteiger partial charge in [0.25, 0.3) is 0 Å². The first-order chi connectivity index (χ1) is 5.94. The molecular formula is C10H22NOP. The van der Waals surface area contributed by atoms with Crippen molar-refractivity contribution in [2.45, 2.75) is 31.9 Å². The predicted molar refractivity (Wildman–Crippen MR) is 62.1 cm³/mol. The number of rotatable bonds is 3. The van der Waals surface area contributed by atoms with Gasteiger partial charge in [0.15, 0.2) is 0 Å². The molecule has 1 fully saturated rings. The van der Waals surface area contributed by atoms with Crippen LogP contribution in [0.2, 0.25) is 0 Å². The lowest BCUT2D eigenvalue weighted by molar-refractivity contribution is 0.161. The van der Waals surface area contributed by atoms with E-state index >= 15 is 0 Å². The van der Waals surface area contributed by atoms with Crippen molar-refractivity contribution >= 4 is 13.4 Å². The average Bonchev–Trinajstić information content (AvgIpc) is 2.28. The van der Waals surface area contributed by atoms with Gasteiger partial charge in [-0.25, -0.2) is 0 Å². The normalized spacial score (nSPS) is 31.1. The van der Waals surface area contributed by atoms with Crippen molar-refractivity contribution in [3.05, 3.63) is 0 Å². The standard InChI is InChI=1S/C10H22NOP/c1-6-9-10(7-8-11(9)2)12-13(3,4)5/h9-10H,3,6-8H2,1-2,4-5H3. The van der Waals surface area contributed by atoms with E-state index in [4.69, 9.17) is 4.52 Å². The maximum Gasteiger partial charge on any atom is 0.0782 e. The molecule has 0 amide bonds. The summed E-state index contributed by atoms with van der Waals surface area (Å²) in [7, 11) is 0.868. The summed E-state index contributed by atoms with van der Waals surface area (Å²) in [5.74, 6) is 0. The molecule has 0 bridgehead atoms. The number of hydrogen-bond acceptors (Lipinski definition) is 2. The molecule has 2 atom stereocenters. The van der Waals surface area contributed by atoms with Gasteiger partial charge in [0.05, 0.1) is 6.10 Å². The third kappa shape index (κ3) is 3.12. The Morgan fingerprint density at radius 2 is 2.15 bits per heavy atom.